The number of aliphatic carboxylic acids is 2. The molecule has 0 spiro atoms. The highest BCUT2D eigenvalue weighted by Gasteiger charge is 2.29. The lowest BCUT2D eigenvalue weighted by atomic mass is 9.98. The maximum Gasteiger partial charge on any atom is 0.335 e. The minimum atomic E-state index is -2.27. The zero-order valence-corrected chi connectivity index (χ0v) is 16.2. The summed E-state index contributed by atoms with van der Waals surface area (Å²) in [6.07, 6.45) is 0.0777. The molecule has 3 atom stereocenters. The third kappa shape index (κ3) is 7.65. The molecule has 0 aliphatic heterocycles. The van der Waals surface area contributed by atoms with Gasteiger partial charge in [-0.15, -0.1) is 28.3 Å². The van der Waals surface area contributed by atoms with Crippen molar-refractivity contribution in [3.63, 3.8) is 0 Å². The Balaban J connectivity index is 0.000000471. The molecule has 25 heavy (non-hydrogen) atoms. The maximum atomic E-state index is 9.77. The second-order valence-corrected chi connectivity index (χ2v) is 6.50. The number of nitrogens with two attached hydrogens (primary N) is 1. The van der Waals surface area contributed by atoms with Crippen LogP contribution in [-0.2, 0) is 22.4 Å². The summed E-state index contributed by atoms with van der Waals surface area (Å²) in [6, 6.07) is 0.641. The molecule has 0 unspecified atom stereocenters. The van der Waals surface area contributed by atoms with E-state index in [1.165, 1.54) is 23.4 Å². The Bertz CT molecular complexity index is 553. The summed E-state index contributed by atoms with van der Waals surface area (Å²) in [6.45, 7) is 3.32. The van der Waals surface area contributed by atoms with Crippen molar-refractivity contribution in [1.29, 1.82) is 0 Å². The number of hydrogen-bond acceptors (Lipinski definition) is 8. The lowest BCUT2D eigenvalue weighted by Crippen LogP contribution is -2.39. The number of aliphatic hydroxyl groups is 2. The van der Waals surface area contributed by atoms with Crippen LogP contribution >= 0.6 is 28.3 Å². The number of hydrogen-bond donors (Lipinski definition) is 6. The Morgan fingerprint density at radius 2 is 1.88 bits per heavy atom. The van der Waals surface area contributed by atoms with Crippen LogP contribution in [0.3, 0.4) is 0 Å². The van der Waals surface area contributed by atoms with Crippen LogP contribution in [-0.4, -0.2) is 62.1 Å². The number of carbonyl (C=O) groups is 2. The van der Waals surface area contributed by atoms with Crippen LogP contribution in [0.4, 0.5) is 5.13 Å². The summed E-state index contributed by atoms with van der Waals surface area (Å²) in [7, 11) is 0. The quantitative estimate of drug-likeness (QED) is 0.357. The van der Waals surface area contributed by atoms with Gasteiger partial charge in [0, 0.05) is 10.9 Å². The first-order chi connectivity index (χ1) is 11.3. The van der Waals surface area contributed by atoms with E-state index in [2.05, 4.69) is 17.2 Å². The van der Waals surface area contributed by atoms with Crippen molar-refractivity contribution in [2.24, 2.45) is 0 Å². The molecule has 1 aliphatic carbocycles. The standard InChI is InChI=1S/C10H17N3S.C4H6O6.BrH/c1-2-5-12-7-3-4-8-9(6-7)14-10(11)13-8;5-1(3(7)8)2(6)4(9)10;/h7,12H,2-6H2,1H3,(H2,11,13);1-2,5-6H,(H,7,8)(H,9,10);1H/t7-;1-,2-;/m11./s1. The van der Waals surface area contributed by atoms with Gasteiger partial charge in [-0.2, -0.15) is 0 Å². The molecule has 7 N–H and O–H groups in total. The topological polar surface area (TPSA) is 166 Å². The van der Waals surface area contributed by atoms with Gasteiger partial charge in [-0.25, -0.2) is 14.6 Å². The van der Waals surface area contributed by atoms with E-state index >= 15 is 0 Å². The predicted molar refractivity (Wildman–Crippen MR) is 98.2 cm³/mol. The van der Waals surface area contributed by atoms with E-state index in [-0.39, 0.29) is 17.0 Å². The van der Waals surface area contributed by atoms with Crippen molar-refractivity contribution < 1.29 is 30.0 Å². The summed E-state index contributed by atoms with van der Waals surface area (Å²) in [5.41, 5.74) is 6.93. The van der Waals surface area contributed by atoms with Gasteiger partial charge in [-0.1, -0.05) is 6.92 Å². The highest BCUT2D eigenvalue weighted by atomic mass is 79.9. The smallest absolute Gasteiger partial charge is 0.335 e. The lowest BCUT2D eigenvalue weighted by molar-refractivity contribution is -0.165. The summed E-state index contributed by atoms with van der Waals surface area (Å²) in [4.78, 5) is 25.3. The van der Waals surface area contributed by atoms with Gasteiger partial charge in [-0.05, 0) is 32.2 Å². The molecule has 11 heteroatoms. The second kappa shape index (κ2) is 11.4. The highest BCUT2D eigenvalue weighted by molar-refractivity contribution is 8.93. The van der Waals surface area contributed by atoms with Crippen LogP contribution in [0.15, 0.2) is 0 Å². The number of nitrogens with one attached hydrogen (secondary N) is 1. The fourth-order valence-electron chi connectivity index (χ4n) is 2.19. The number of carboxylic acid groups (broad SMARTS) is 2. The SMILES string of the molecule is Br.CCCN[C@@H]1CCc2nc(N)sc2C1.O=C(O)[C@H](O)[C@@H](O)C(=O)O. The zero-order chi connectivity index (χ0) is 18.3. The van der Waals surface area contributed by atoms with E-state index in [1.54, 1.807) is 11.3 Å². The summed E-state index contributed by atoms with van der Waals surface area (Å²) >= 11 is 1.65. The van der Waals surface area contributed by atoms with Gasteiger partial charge in [0.25, 0.3) is 0 Å². The molecule has 9 nitrogen and oxygen atoms in total. The van der Waals surface area contributed by atoms with Crippen molar-refractivity contribution in [2.45, 2.75) is 50.9 Å². The average molecular weight is 442 g/mol. The molecule has 144 valence electrons. The number of carboxylic acids is 2. The van der Waals surface area contributed by atoms with Gasteiger partial charge in [0.1, 0.15) is 0 Å². The van der Waals surface area contributed by atoms with E-state index < -0.39 is 24.1 Å². The first-order valence-corrected chi connectivity index (χ1v) is 8.37. The van der Waals surface area contributed by atoms with Crippen LogP contribution in [0.25, 0.3) is 0 Å². The van der Waals surface area contributed by atoms with Gasteiger partial charge in [0.15, 0.2) is 17.3 Å². The number of thiazole rings is 1. The van der Waals surface area contributed by atoms with E-state index in [1.807, 2.05) is 0 Å². The number of aromatic nitrogens is 1. The third-order valence-electron chi connectivity index (χ3n) is 3.44. The van der Waals surface area contributed by atoms with E-state index in [4.69, 9.17) is 26.2 Å². The first-order valence-electron chi connectivity index (χ1n) is 7.55. The molecule has 0 aromatic carbocycles. The second-order valence-electron chi connectivity index (χ2n) is 5.38. The van der Waals surface area contributed by atoms with Crippen LogP contribution < -0.4 is 11.1 Å². The normalized spacial score (nSPS) is 18.0. The summed E-state index contributed by atoms with van der Waals surface area (Å²) < 4.78 is 0. The minimum absolute atomic E-state index is 0. The number of nitrogen functional groups attached to an aromatic ring is 1. The fourth-order valence-corrected chi connectivity index (χ4v) is 3.15. The Kier molecular flexibility index (Phi) is 10.8. The van der Waals surface area contributed by atoms with Crippen LogP contribution in [0, 0.1) is 0 Å². The van der Waals surface area contributed by atoms with E-state index in [0.717, 1.165) is 24.5 Å². The Morgan fingerprint density at radius 3 is 2.36 bits per heavy atom. The number of anilines is 1. The van der Waals surface area contributed by atoms with Gasteiger partial charge < -0.3 is 31.5 Å². The molecule has 1 aliphatic rings. The number of rotatable bonds is 6. The zero-order valence-electron chi connectivity index (χ0n) is 13.7. The number of aryl methyl sites for hydroxylation is 1. The third-order valence-corrected chi connectivity index (χ3v) is 4.39. The number of halogens is 1. The molecule has 0 saturated heterocycles. The largest absolute Gasteiger partial charge is 0.479 e. The van der Waals surface area contributed by atoms with Crippen molar-refractivity contribution in [3.8, 4) is 0 Å². The minimum Gasteiger partial charge on any atom is -0.479 e. The van der Waals surface area contributed by atoms with Gasteiger partial charge in [0.05, 0.1) is 5.69 Å². The van der Waals surface area contributed by atoms with Crippen molar-refractivity contribution >= 4 is 45.4 Å². The van der Waals surface area contributed by atoms with Gasteiger partial charge >= 0.3 is 11.9 Å². The fraction of sp³-hybridized carbons (Fsp3) is 0.643. The number of aliphatic hydroxyl groups excluding tert-OH is 2. The number of fused-ring (bicyclic) bond motifs is 1. The maximum absolute atomic E-state index is 9.77. The highest BCUT2D eigenvalue weighted by Crippen LogP contribution is 2.27. The van der Waals surface area contributed by atoms with Crippen LogP contribution in [0.5, 0.6) is 0 Å². The molecular weight excluding hydrogens is 418 g/mol. The molecule has 0 saturated carbocycles. The van der Waals surface area contributed by atoms with Crippen molar-refractivity contribution in [2.75, 3.05) is 12.3 Å². The molecule has 0 radical (unpaired) electrons. The van der Waals surface area contributed by atoms with Gasteiger partial charge in [0.2, 0.25) is 0 Å². The molecule has 0 bridgehead atoms. The summed E-state index contributed by atoms with van der Waals surface area (Å²) in [5.74, 6) is -3.54. The van der Waals surface area contributed by atoms with Crippen molar-refractivity contribution in [3.05, 3.63) is 10.6 Å². The molecule has 1 heterocycles. The van der Waals surface area contributed by atoms with Crippen LogP contribution in [0.1, 0.15) is 30.3 Å². The molecule has 1 aromatic heterocycles. The predicted octanol–water partition coefficient (Wildman–Crippen LogP) is 0.0375. The van der Waals surface area contributed by atoms with Crippen molar-refractivity contribution in [1.82, 2.24) is 10.3 Å². The Labute approximate surface area is 159 Å². The molecular formula is C14H24BrN3O6S. The monoisotopic (exact) mass is 441 g/mol. The molecule has 2 rings (SSSR count). The van der Waals surface area contributed by atoms with E-state index in [9.17, 15) is 9.59 Å². The lowest BCUT2D eigenvalue weighted by Gasteiger charge is -2.21. The van der Waals surface area contributed by atoms with Gasteiger partial charge in [-0.3, -0.25) is 0 Å². The molecule has 1 aromatic rings. The Morgan fingerprint density at radius 1 is 1.32 bits per heavy atom. The first kappa shape index (κ1) is 23.7. The Hall–Kier alpha value is -1.27. The average Bonchev–Trinajstić information content (AvgIpc) is 2.91. The summed E-state index contributed by atoms with van der Waals surface area (Å²) in [5, 5.41) is 36.8. The molecule has 0 amide bonds. The number of nitrogens with zero attached hydrogens (tertiary/aromatic N) is 1. The molecule has 0 fully saturated rings. The van der Waals surface area contributed by atoms with E-state index in [0.29, 0.717) is 6.04 Å². The van der Waals surface area contributed by atoms with Crippen LogP contribution in [0.2, 0.25) is 0 Å².